The molecule has 3 aromatic carbocycles. The number of hydrogen-bond acceptors (Lipinski definition) is 5. The van der Waals surface area contributed by atoms with Gasteiger partial charge in [-0.05, 0) is 73.5 Å². The number of aryl methyl sites for hydroxylation is 1. The van der Waals surface area contributed by atoms with Crippen molar-refractivity contribution in [3.8, 4) is 0 Å². The van der Waals surface area contributed by atoms with E-state index in [1.807, 2.05) is 0 Å². The molecule has 12 heteroatoms. The van der Waals surface area contributed by atoms with Crippen molar-refractivity contribution in [3.63, 3.8) is 0 Å². The van der Waals surface area contributed by atoms with Gasteiger partial charge in [-0.3, -0.25) is 13.8 Å². The van der Waals surface area contributed by atoms with Crippen molar-refractivity contribution in [2.45, 2.75) is 24.7 Å². The SMILES string of the molecule is Cc1ccc(Cl)cc1NS(=O)(=O)c1ccc(NC(=O)CCCN(c2cccc(Cl)c2)S(C)(=O)=O)cc1. The van der Waals surface area contributed by atoms with Crippen molar-refractivity contribution in [2.24, 2.45) is 0 Å². The van der Waals surface area contributed by atoms with E-state index in [-0.39, 0.29) is 30.2 Å². The van der Waals surface area contributed by atoms with E-state index in [1.165, 1.54) is 34.6 Å². The van der Waals surface area contributed by atoms with Gasteiger partial charge in [-0.1, -0.05) is 35.3 Å². The van der Waals surface area contributed by atoms with Gasteiger partial charge in [0, 0.05) is 28.7 Å². The highest BCUT2D eigenvalue weighted by molar-refractivity contribution is 7.92. The molecule has 0 unspecified atom stereocenters. The molecule has 0 aliphatic heterocycles. The molecule has 0 saturated heterocycles. The second-order valence-electron chi connectivity index (χ2n) is 8.06. The fourth-order valence-electron chi connectivity index (χ4n) is 3.35. The van der Waals surface area contributed by atoms with E-state index >= 15 is 0 Å². The van der Waals surface area contributed by atoms with Gasteiger partial charge in [-0.15, -0.1) is 0 Å². The summed E-state index contributed by atoms with van der Waals surface area (Å²) >= 11 is 11.9. The monoisotopic (exact) mass is 569 g/mol. The van der Waals surface area contributed by atoms with Crippen LogP contribution < -0.4 is 14.3 Å². The van der Waals surface area contributed by atoms with E-state index in [1.54, 1.807) is 43.3 Å². The van der Waals surface area contributed by atoms with Crippen LogP contribution in [0.5, 0.6) is 0 Å². The molecular weight excluding hydrogens is 545 g/mol. The Bertz CT molecular complexity index is 1460. The summed E-state index contributed by atoms with van der Waals surface area (Å²) in [5.41, 5.74) is 1.92. The van der Waals surface area contributed by atoms with Gasteiger partial charge in [0.2, 0.25) is 15.9 Å². The number of amides is 1. The zero-order valence-electron chi connectivity index (χ0n) is 19.5. The lowest BCUT2D eigenvalue weighted by atomic mass is 10.2. The van der Waals surface area contributed by atoms with Gasteiger partial charge in [0.05, 0.1) is 22.5 Å². The van der Waals surface area contributed by atoms with Crippen LogP contribution >= 0.6 is 23.2 Å². The fraction of sp³-hybridized carbons (Fsp3) is 0.208. The Balaban J connectivity index is 1.59. The maximum Gasteiger partial charge on any atom is 0.261 e. The van der Waals surface area contributed by atoms with Gasteiger partial charge in [0.15, 0.2) is 0 Å². The molecule has 0 heterocycles. The molecule has 0 aliphatic rings. The zero-order chi connectivity index (χ0) is 26.5. The molecule has 3 rings (SSSR count). The van der Waals surface area contributed by atoms with Crippen molar-refractivity contribution >= 4 is 66.2 Å². The Labute approximate surface area is 221 Å². The lowest BCUT2D eigenvalue weighted by Crippen LogP contribution is -2.31. The van der Waals surface area contributed by atoms with E-state index in [0.717, 1.165) is 11.8 Å². The summed E-state index contributed by atoms with van der Waals surface area (Å²) in [6.07, 6.45) is 1.41. The molecule has 0 fully saturated rings. The van der Waals surface area contributed by atoms with Crippen molar-refractivity contribution in [3.05, 3.63) is 82.3 Å². The summed E-state index contributed by atoms with van der Waals surface area (Å²) in [7, 11) is -7.42. The number of nitrogens with zero attached hydrogens (tertiary/aromatic N) is 1. The third-order valence-corrected chi connectivity index (χ3v) is 8.20. The van der Waals surface area contributed by atoms with E-state index in [0.29, 0.717) is 27.1 Å². The highest BCUT2D eigenvalue weighted by atomic mass is 35.5. The second-order valence-corrected chi connectivity index (χ2v) is 12.5. The summed E-state index contributed by atoms with van der Waals surface area (Å²) in [4.78, 5) is 12.4. The molecular formula is C24H25Cl2N3O5S2. The number of sulfonamides is 2. The highest BCUT2D eigenvalue weighted by Crippen LogP contribution is 2.25. The molecule has 0 aliphatic carbocycles. The molecule has 0 saturated carbocycles. The van der Waals surface area contributed by atoms with Crippen molar-refractivity contribution in [1.29, 1.82) is 0 Å². The van der Waals surface area contributed by atoms with E-state index < -0.39 is 20.0 Å². The summed E-state index contributed by atoms with van der Waals surface area (Å²) in [6.45, 7) is 1.86. The Morgan fingerprint density at radius 1 is 0.917 bits per heavy atom. The molecule has 0 radical (unpaired) electrons. The predicted octanol–water partition coefficient (Wildman–Crippen LogP) is 5.29. The Hall–Kier alpha value is -2.79. The van der Waals surface area contributed by atoms with Gasteiger partial charge < -0.3 is 5.32 Å². The molecule has 0 spiro atoms. The van der Waals surface area contributed by atoms with Gasteiger partial charge in [-0.2, -0.15) is 0 Å². The van der Waals surface area contributed by atoms with Crippen LogP contribution in [-0.2, 0) is 24.8 Å². The lowest BCUT2D eigenvalue weighted by Gasteiger charge is -2.22. The Kier molecular flexibility index (Phi) is 8.89. The predicted molar refractivity (Wildman–Crippen MR) is 145 cm³/mol. The molecule has 8 nitrogen and oxygen atoms in total. The normalized spacial score (nSPS) is 11.7. The number of carbonyl (C=O) groups is 1. The molecule has 0 atom stereocenters. The van der Waals surface area contributed by atoms with E-state index in [9.17, 15) is 21.6 Å². The van der Waals surface area contributed by atoms with Gasteiger partial charge >= 0.3 is 0 Å². The maximum absolute atomic E-state index is 12.7. The van der Waals surface area contributed by atoms with Crippen LogP contribution in [0.1, 0.15) is 18.4 Å². The van der Waals surface area contributed by atoms with E-state index in [2.05, 4.69) is 10.0 Å². The third-order valence-electron chi connectivity index (χ3n) is 5.15. The summed E-state index contributed by atoms with van der Waals surface area (Å²) in [5.74, 6) is -0.335. The Morgan fingerprint density at radius 3 is 2.22 bits per heavy atom. The minimum Gasteiger partial charge on any atom is -0.326 e. The standard InChI is InChI=1S/C24H25Cl2N3O5S2/c1-17-8-9-19(26)16-23(17)28-36(33,34)22-12-10-20(11-13-22)27-24(30)7-4-14-29(35(2,31)32)21-6-3-5-18(25)15-21/h3,5-6,8-13,15-16,28H,4,7,14H2,1-2H3,(H,27,30). The Morgan fingerprint density at radius 2 is 1.58 bits per heavy atom. The molecule has 192 valence electrons. The number of nitrogens with one attached hydrogen (secondary N) is 2. The van der Waals surface area contributed by atoms with Crippen molar-refractivity contribution in [2.75, 3.05) is 27.1 Å². The maximum atomic E-state index is 12.7. The summed E-state index contributed by atoms with van der Waals surface area (Å²) < 4.78 is 53.5. The smallest absolute Gasteiger partial charge is 0.261 e. The number of benzene rings is 3. The molecule has 3 aromatic rings. The number of hydrogen-bond donors (Lipinski definition) is 2. The number of carbonyl (C=O) groups excluding carboxylic acids is 1. The van der Waals surface area contributed by atoms with E-state index in [4.69, 9.17) is 23.2 Å². The quantitative estimate of drug-likeness (QED) is 0.344. The summed E-state index contributed by atoms with van der Waals surface area (Å²) in [5, 5.41) is 3.50. The largest absolute Gasteiger partial charge is 0.326 e. The average molecular weight is 571 g/mol. The van der Waals surface area contributed by atoms with Gasteiger partial charge in [0.25, 0.3) is 10.0 Å². The van der Waals surface area contributed by atoms with Crippen LogP contribution in [0.25, 0.3) is 0 Å². The zero-order valence-corrected chi connectivity index (χ0v) is 22.7. The minimum atomic E-state index is -3.86. The van der Waals surface area contributed by atoms with Crippen molar-refractivity contribution < 1.29 is 21.6 Å². The first-order valence-corrected chi connectivity index (χ1v) is 14.9. The van der Waals surface area contributed by atoms with Crippen molar-refractivity contribution in [1.82, 2.24) is 0 Å². The highest BCUT2D eigenvalue weighted by Gasteiger charge is 2.19. The third kappa shape index (κ3) is 7.60. The van der Waals surface area contributed by atoms with Crippen LogP contribution in [0, 0.1) is 6.92 Å². The number of rotatable bonds is 10. The molecule has 0 aromatic heterocycles. The topological polar surface area (TPSA) is 113 Å². The first-order chi connectivity index (χ1) is 16.8. The van der Waals surface area contributed by atoms with Crippen LogP contribution in [0.4, 0.5) is 17.1 Å². The van der Waals surface area contributed by atoms with Crippen LogP contribution in [0.3, 0.4) is 0 Å². The molecule has 36 heavy (non-hydrogen) atoms. The molecule has 0 bridgehead atoms. The molecule has 1 amide bonds. The van der Waals surface area contributed by atoms with Crippen LogP contribution in [-0.4, -0.2) is 35.5 Å². The first-order valence-electron chi connectivity index (χ1n) is 10.8. The number of anilines is 3. The minimum absolute atomic E-state index is 0.0187. The van der Waals surface area contributed by atoms with Gasteiger partial charge in [-0.25, -0.2) is 16.8 Å². The lowest BCUT2D eigenvalue weighted by molar-refractivity contribution is -0.116. The van der Waals surface area contributed by atoms with Gasteiger partial charge in [0.1, 0.15) is 0 Å². The first kappa shape index (κ1) is 27.8. The average Bonchev–Trinajstić information content (AvgIpc) is 2.78. The number of halogens is 2. The van der Waals surface area contributed by atoms with Crippen LogP contribution in [0.15, 0.2) is 71.6 Å². The second kappa shape index (κ2) is 11.5. The summed E-state index contributed by atoms with van der Waals surface area (Å²) in [6, 6.07) is 17.1. The molecule has 2 N–H and O–H groups in total. The fourth-order valence-corrected chi connectivity index (χ4v) is 5.79. The van der Waals surface area contributed by atoms with Crippen LogP contribution in [0.2, 0.25) is 10.0 Å².